The summed E-state index contributed by atoms with van der Waals surface area (Å²) >= 11 is 0. The second-order valence-corrected chi connectivity index (χ2v) is 7.61. The van der Waals surface area contributed by atoms with E-state index in [0.717, 1.165) is 30.5 Å². The van der Waals surface area contributed by atoms with Crippen molar-refractivity contribution in [3.05, 3.63) is 93.8 Å². The summed E-state index contributed by atoms with van der Waals surface area (Å²) in [6.45, 7) is 0. The van der Waals surface area contributed by atoms with E-state index < -0.39 is 23.5 Å². The van der Waals surface area contributed by atoms with Gasteiger partial charge >= 0.3 is 12.4 Å². The van der Waals surface area contributed by atoms with Crippen LogP contribution in [0.1, 0.15) is 22.3 Å². The first-order valence-corrected chi connectivity index (χ1v) is 10.0. The normalized spacial score (nSPS) is 12.3. The molecule has 0 spiro atoms. The van der Waals surface area contributed by atoms with Crippen molar-refractivity contribution >= 4 is 33.6 Å². The van der Waals surface area contributed by atoms with E-state index in [9.17, 15) is 37.0 Å². The number of nitrogens with zero attached hydrogens (tertiary/aromatic N) is 4. The van der Waals surface area contributed by atoms with Crippen molar-refractivity contribution in [3.63, 3.8) is 0 Å². The Kier molecular flexibility index (Phi) is 7.67. The van der Waals surface area contributed by atoms with Crippen LogP contribution in [-0.2, 0) is 45.1 Å². The third-order valence-corrected chi connectivity index (χ3v) is 5.52. The second kappa shape index (κ2) is 10.1. The van der Waals surface area contributed by atoms with Gasteiger partial charge < -0.3 is 15.3 Å². The van der Waals surface area contributed by atoms with Gasteiger partial charge in [0.25, 0.3) is 0 Å². The molecule has 0 saturated heterocycles. The van der Waals surface area contributed by atoms with Crippen LogP contribution in [0, 0.1) is 11.3 Å². The van der Waals surface area contributed by atoms with Crippen LogP contribution in [0.4, 0.5) is 26.3 Å². The molecule has 3 aromatic carbocycles. The zero-order valence-corrected chi connectivity index (χ0v) is 21.3. The minimum Gasteiger partial charge on any atom is -0.810 e. The summed E-state index contributed by atoms with van der Waals surface area (Å²) in [5.41, 5.74) is -1.28. The van der Waals surface area contributed by atoms with E-state index in [-0.39, 0.29) is 60.6 Å². The average Bonchev–Trinajstić information content (AvgIpc) is 3.14. The Labute approximate surface area is 226 Å². The summed E-state index contributed by atoms with van der Waals surface area (Å²) in [7, 11) is 1.47. The van der Waals surface area contributed by atoms with Gasteiger partial charge in [-0.05, 0) is 42.0 Å². The second-order valence-electron chi connectivity index (χ2n) is 7.61. The number of halogens is 6. The fourth-order valence-electron chi connectivity index (χ4n) is 3.95. The average molecular weight is 573 g/mol. The first-order valence-electron chi connectivity index (χ1n) is 10.0. The SMILES string of the molecule is C[N-]/C=C(\C=[N-])c1ccc(-n2c3cc(C(F)(F)F)ccc3c3ccc(C(F)(F)F)cc32)c(C#N)c1.[Y]. The van der Waals surface area contributed by atoms with Gasteiger partial charge in [-0.3, -0.25) is 0 Å². The maximum atomic E-state index is 13.5. The third kappa shape index (κ3) is 4.90. The number of nitriles is 1. The molecule has 4 aromatic rings. The number of benzene rings is 3. The molecule has 36 heavy (non-hydrogen) atoms. The molecule has 0 atom stereocenters. The zero-order chi connectivity index (χ0) is 25.5. The summed E-state index contributed by atoms with van der Waals surface area (Å²) in [6.07, 6.45) is -7.26. The van der Waals surface area contributed by atoms with Crippen molar-refractivity contribution < 1.29 is 59.1 Å². The van der Waals surface area contributed by atoms with E-state index in [2.05, 4.69) is 5.32 Å². The third-order valence-electron chi connectivity index (χ3n) is 5.52. The molecule has 1 heterocycles. The Morgan fingerprint density at radius 1 is 0.889 bits per heavy atom. The molecule has 0 unspecified atom stereocenters. The Bertz CT molecular complexity index is 1470. The Morgan fingerprint density at radius 2 is 1.42 bits per heavy atom. The van der Waals surface area contributed by atoms with E-state index in [4.69, 9.17) is 0 Å². The molecule has 1 radical (unpaired) electrons. The molecule has 4 nitrogen and oxygen atoms in total. The van der Waals surface area contributed by atoms with Crippen LogP contribution in [0.25, 0.3) is 43.8 Å². The molecule has 0 aliphatic heterocycles. The molecule has 0 bridgehead atoms. The Morgan fingerprint density at radius 3 is 1.83 bits per heavy atom. The molecule has 0 aliphatic carbocycles. The predicted octanol–water partition coefficient (Wildman–Crippen LogP) is 7.68. The quantitative estimate of drug-likeness (QED) is 0.183. The van der Waals surface area contributed by atoms with Crippen LogP contribution in [-0.4, -0.2) is 17.8 Å². The summed E-state index contributed by atoms with van der Waals surface area (Å²) in [6, 6.07) is 12.0. The minimum absolute atomic E-state index is 0. The maximum Gasteiger partial charge on any atom is 0.416 e. The minimum atomic E-state index is -4.69. The molecule has 0 fully saturated rings. The summed E-state index contributed by atoms with van der Waals surface area (Å²) < 4.78 is 82.0. The van der Waals surface area contributed by atoms with E-state index in [1.54, 1.807) is 0 Å². The van der Waals surface area contributed by atoms with Gasteiger partial charge in [0.15, 0.2) is 0 Å². The molecule has 0 amide bonds. The van der Waals surface area contributed by atoms with Crippen molar-refractivity contribution in [2.24, 2.45) is 0 Å². The summed E-state index contributed by atoms with van der Waals surface area (Å²) in [4.78, 5) is 0. The van der Waals surface area contributed by atoms with E-state index in [1.165, 1.54) is 48.1 Å². The van der Waals surface area contributed by atoms with E-state index >= 15 is 0 Å². The van der Waals surface area contributed by atoms with Crippen molar-refractivity contribution in [1.82, 2.24) is 4.57 Å². The van der Waals surface area contributed by atoms with Gasteiger partial charge in [0.2, 0.25) is 0 Å². The predicted molar refractivity (Wildman–Crippen MR) is 122 cm³/mol. The van der Waals surface area contributed by atoms with Crippen molar-refractivity contribution in [2.45, 2.75) is 12.4 Å². The molecular weight excluding hydrogens is 559 g/mol. The number of rotatable bonds is 4. The zero-order valence-electron chi connectivity index (χ0n) is 18.5. The number of fused-ring (bicyclic) bond motifs is 3. The summed E-state index contributed by atoms with van der Waals surface area (Å²) in [5.74, 6) is 0. The molecule has 11 heteroatoms. The molecular formula is C25H14F6N4Y-2. The topological polar surface area (TPSA) is 65.1 Å². The fourth-order valence-corrected chi connectivity index (χ4v) is 3.95. The molecule has 181 valence electrons. The molecule has 0 aliphatic rings. The van der Waals surface area contributed by atoms with Crippen molar-refractivity contribution in [2.75, 3.05) is 7.05 Å². The molecule has 1 aromatic heterocycles. The number of hydrogen-bond acceptors (Lipinski definition) is 1. The summed E-state index contributed by atoms with van der Waals surface area (Å²) in [5, 5.41) is 23.7. The molecule has 4 rings (SSSR count). The van der Waals surface area contributed by atoms with E-state index in [0.29, 0.717) is 16.3 Å². The Balaban J connectivity index is 0.00000361. The monoisotopic (exact) mass is 573 g/mol. The van der Waals surface area contributed by atoms with Gasteiger partial charge in [-0.25, -0.2) is 0 Å². The standard InChI is InChI=1S/C25H14F6N4.Y/c1-34-13-16(12-33)14-2-7-21(15(8-14)11-32)35-22-9-17(24(26,27)28)3-5-19(22)20-6-4-18(10-23(20)35)25(29,30)31;/h2-10,12-13H,1H3;/q-2;/b16-13+;. The molecule has 0 saturated carbocycles. The number of aromatic nitrogens is 1. The smallest absolute Gasteiger partial charge is 0.416 e. The van der Waals surface area contributed by atoms with Gasteiger partial charge in [0, 0.05) is 43.5 Å². The number of alkyl halides is 6. The fraction of sp³-hybridized carbons (Fsp3) is 0.120. The van der Waals surface area contributed by atoms with Crippen LogP contribution in [0.15, 0.2) is 60.8 Å². The van der Waals surface area contributed by atoms with Gasteiger partial charge in [0.1, 0.15) is 6.07 Å². The van der Waals surface area contributed by atoms with Crippen LogP contribution >= 0.6 is 0 Å². The van der Waals surface area contributed by atoms with Gasteiger partial charge in [-0.15, -0.1) is 7.05 Å². The van der Waals surface area contributed by atoms with Gasteiger partial charge in [-0.2, -0.15) is 44.0 Å². The van der Waals surface area contributed by atoms with Crippen LogP contribution in [0.3, 0.4) is 0 Å². The molecule has 0 N–H and O–H groups in total. The Hall–Kier alpha value is -3.16. The van der Waals surface area contributed by atoms with Gasteiger partial charge in [0.05, 0.1) is 33.4 Å². The van der Waals surface area contributed by atoms with E-state index in [1.807, 2.05) is 6.07 Å². The first-order chi connectivity index (χ1) is 16.5. The maximum absolute atomic E-state index is 13.5. The number of allylic oxidation sites excluding steroid dienone is 1. The first kappa shape index (κ1) is 27.4. The van der Waals surface area contributed by atoms with Crippen LogP contribution in [0.2, 0.25) is 0 Å². The van der Waals surface area contributed by atoms with Crippen LogP contribution in [0.5, 0.6) is 0 Å². The van der Waals surface area contributed by atoms with Crippen molar-refractivity contribution in [1.29, 1.82) is 5.26 Å². The number of hydrogen-bond donors (Lipinski definition) is 0. The van der Waals surface area contributed by atoms with Crippen molar-refractivity contribution in [3.8, 4) is 11.8 Å². The van der Waals surface area contributed by atoms with Gasteiger partial charge in [-0.1, -0.05) is 23.8 Å². The largest absolute Gasteiger partial charge is 0.810 e. The van der Waals surface area contributed by atoms with Crippen LogP contribution < -0.4 is 0 Å².